The first-order valence-electron chi connectivity index (χ1n) is 5.43. The third kappa shape index (κ3) is 3.39. The number of ether oxygens (including phenoxy) is 1. The fraction of sp³-hybridized carbons (Fsp3) is 0.364. The van der Waals surface area contributed by atoms with E-state index in [4.69, 9.17) is 4.74 Å². The topological polar surface area (TPSA) is 52.8 Å². The molecule has 0 spiro atoms. The zero-order valence-corrected chi connectivity index (χ0v) is 11.7. The summed E-state index contributed by atoms with van der Waals surface area (Å²) < 4.78 is 8.57. The highest BCUT2D eigenvalue weighted by Gasteiger charge is 2.05. The molecule has 0 aliphatic rings. The molecule has 0 saturated heterocycles. The summed E-state index contributed by atoms with van der Waals surface area (Å²) in [7, 11) is 0. The second kappa shape index (κ2) is 5.95. The maximum absolute atomic E-state index is 5.65. The van der Waals surface area contributed by atoms with Gasteiger partial charge in [0.1, 0.15) is 12.4 Å². The lowest BCUT2D eigenvalue weighted by atomic mass is 10.3. The molecule has 0 aliphatic heterocycles. The van der Waals surface area contributed by atoms with E-state index in [1.54, 1.807) is 4.68 Å². The predicted octanol–water partition coefficient (Wildman–Crippen LogP) is 2.27. The molecule has 2 aromatic rings. The summed E-state index contributed by atoms with van der Waals surface area (Å²) >= 11 is 2.25. The average molecular weight is 344 g/mol. The molecule has 0 N–H and O–H groups in total. The van der Waals surface area contributed by atoms with Crippen molar-refractivity contribution >= 4 is 22.6 Å². The quantitative estimate of drug-likeness (QED) is 0.781. The number of rotatable bonds is 5. The van der Waals surface area contributed by atoms with E-state index in [0.29, 0.717) is 6.61 Å². The molecule has 0 fully saturated rings. The van der Waals surface area contributed by atoms with Crippen molar-refractivity contribution in [2.24, 2.45) is 0 Å². The van der Waals surface area contributed by atoms with E-state index in [-0.39, 0.29) is 0 Å². The SMILES string of the molecule is CCCn1nnnc1COc1cccc(I)c1. The van der Waals surface area contributed by atoms with Crippen LogP contribution in [0, 0.1) is 3.57 Å². The van der Waals surface area contributed by atoms with Gasteiger partial charge in [-0.2, -0.15) is 0 Å². The maximum atomic E-state index is 5.65. The van der Waals surface area contributed by atoms with Crippen molar-refractivity contribution in [3.63, 3.8) is 0 Å². The predicted molar refractivity (Wildman–Crippen MR) is 71.6 cm³/mol. The molecule has 2 rings (SSSR count). The second-order valence-electron chi connectivity index (χ2n) is 3.56. The molecule has 17 heavy (non-hydrogen) atoms. The van der Waals surface area contributed by atoms with Crippen LogP contribution in [0.15, 0.2) is 24.3 Å². The van der Waals surface area contributed by atoms with Gasteiger partial charge in [-0.05, 0) is 57.6 Å². The van der Waals surface area contributed by atoms with Crippen LogP contribution in [-0.2, 0) is 13.2 Å². The van der Waals surface area contributed by atoms with Crippen molar-refractivity contribution in [2.75, 3.05) is 0 Å². The molecule has 0 saturated carbocycles. The van der Waals surface area contributed by atoms with Gasteiger partial charge in [0.05, 0.1) is 0 Å². The van der Waals surface area contributed by atoms with Gasteiger partial charge in [-0.15, -0.1) is 5.10 Å². The fourth-order valence-electron chi connectivity index (χ4n) is 1.42. The molecule has 0 atom stereocenters. The molecule has 0 radical (unpaired) electrons. The van der Waals surface area contributed by atoms with E-state index in [0.717, 1.165) is 28.1 Å². The molecule has 5 nitrogen and oxygen atoms in total. The lowest BCUT2D eigenvalue weighted by Crippen LogP contribution is -2.08. The lowest BCUT2D eigenvalue weighted by Gasteiger charge is -2.06. The Kier molecular flexibility index (Phi) is 4.29. The van der Waals surface area contributed by atoms with Gasteiger partial charge < -0.3 is 4.74 Å². The average Bonchev–Trinajstić information content (AvgIpc) is 2.75. The summed E-state index contributed by atoms with van der Waals surface area (Å²) in [4.78, 5) is 0. The molecule has 1 aromatic heterocycles. The molecular formula is C11H13IN4O. The van der Waals surface area contributed by atoms with Gasteiger partial charge >= 0.3 is 0 Å². The number of hydrogen-bond donors (Lipinski definition) is 0. The second-order valence-corrected chi connectivity index (χ2v) is 4.81. The van der Waals surface area contributed by atoms with Crippen LogP contribution in [0.25, 0.3) is 0 Å². The van der Waals surface area contributed by atoms with Crippen LogP contribution in [0.2, 0.25) is 0 Å². The Morgan fingerprint density at radius 1 is 1.41 bits per heavy atom. The first kappa shape index (κ1) is 12.3. The van der Waals surface area contributed by atoms with Gasteiger partial charge in [-0.25, -0.2) is 4.68 Å². The van der Waals surface area contributed by atoms with Gasteiger partial charge in [-0.1, -0.05) is 13.0 Å². The van der Waals surface area contributed by atoms with Crippen molar-refractivity contribution in [1.82, 2.24) is 20.2 Å². The van der Waals surface area contributed by atoms with Crippen molar-refractivity contribution in [1.29, 1.82) is 0 Å². The standard InChI is InChI=1S/C11H13IN4O/c1-2-6-16-11(13-14-15-16)8-17-10-5-3-4-9(12)7-10/h3-5,7H,2,6,8H2,1H3. The third-order valence-electron chi connectivity index (χ3n) is 2.21. The van der Waals surface area contributed by atoms with Crippen LogP contribution >= 0.6 is 22.6 Å². The molecule has 0 bridgehead atoms. The molecule has 90 valence electrons. The Morgan fingerprint density at radius 2 is 2.29 bits per heavy atom. The van der Waals surface area contributed by atoms with E-state index < -0.39 is 0 Å². The molecule has 6 heteroatoms. The zero-order valence-electron chi connectivity index (χ0n) is 9.51. The summed E-state index contributed by atoms with van der Waals surface area (Å²) in [6.07, 6.45) is 1.00. The van der Waals surface area contributed by atoms with E-state index in [1.807, 2.05) is 24.3 Å². The van der Waals surface area contributed by atoms with Crippen molar-refractivity contribution in [2.45, 2.75) is 26.5 Å². The first-order chi connectivity index (χ1) is 8.29. The summed E-state index contributed by atoms with van der Waals surface area (Å²) in [6.45, 7) is 3.30. The monoisotopic (exact) mass is 344 g/mol. The molecule has 1 aromatic carbocycles. The number of nitrogens with zero attached hydrogens (tertiary/aromatic N) is 4. The molecular weight excluding hydrogens is 331 g/mol. The number of hydrogen-bond acceptors (Lipinski definition) is 4. The number of benzene rings is 1. The highest BCUT2D eigenvalue weighted by molar-refractivity contribution is 14.1. The van der Waals surface area contributed by atoms with Gasteiger partial charge in [0.25, 0.3) is 0 Å². The minimum absolute atomic E-state index is 0.396. The van der Waals surface area contributed by atoms with Crippen LogP contribution in [0.4, 0.5) is 0 Å². The number of halogens is 1. The molecule has 0 amide bonds. The highest BCUT2D eigenvalue weighted by Crippen LogP contribution is 2.15. The summed E-state index contributed by atoms with van der Waals surface area (Å²) in [5.41, 5.74) is 0. The molecule has 0 aliphatic carbocycles. The smallest absolute Gasteiger partial charge is 0.189 e. The summed E-state index contributed by atoms with van der Waals surface area (Å²) in [5.74, 6) is 1.59. The lowest BCUT2D eigenvalue weighted by molar-refractivity contribution is 0.286. The number of tetrazole rings is 1. The van der Waals surface area contributed by atoms with Crippen molar-refractivity contribution in [3.8, 4) is 5.75 Å². The normalized spacial score (nSPS) is 10.5. The zero-order chi connectivity index (χ0) is 12.1. The van der Waals surface area contributed by atoms with Crippen LogP contribution < -0.4 is 4.74 Å². The van der Waals surface area contributed by atoms with Crippen LogP contribution in [0.3, 0.4) is 0 Å². The molecule has 0 unspecified atom stereocenters. The minimum atomic E-state index is 0.396. The minimum Gasteiger partial charge on any atom is -0.486 e. The first-order valence-corrected chi connectivity index (χ1v) is 6.51. The number of aromatic nitrogens is 4. The van der Waals surface area contributed by atoms with Crippen LogP contribution in [0.5, 0.6) is 5.75 Å². The van der Waals surface area contributed by atoms with Crippen molar-refractivity contribution in [3.05, 3.63) is 33.7 Å². The van der Waals surface area contributed by atoms with Crippen molar-refractivity contribution < 1.29 is 4.74 Å². The Balaban J connectivity index is 1.99. The van der Waals surface area contributed by atoms with Gasteiger partial charge in [0, 0.05) is 10.1 Å². The third-order valence-corrected chi connectivity index (χ3v) is 2.88. The largest absolute Gasteiger partial charge is 0.486 e. The van der Waals surface area contributed by atoms with Crippen LogP contribution in [-0.4, -0.2) is 20.2 Å². The number of aryl methyl sites for hydroxylation is 1. The van der Waals surface area contributed by atoms with Gasteiger partial charge in [0.2, 0.25) is 0 Å². The fourth-order valence-corrected chi connectivity index (χ4v) is 1.93. The van der Waals surface area contributed by atoms with Gasteiger partial charge in [-0.3, -0.25) is 0 Å². The summed E-state index contributed by atoms with van der Waals surface area (Å²) in [6, 6.07) is 7.89. The summed E-state index contributed by atoms with van der Waals surface area (Å²) in [5, 5.41) is 11.5. The Hall–Kier alpha value is -1.18. The maximum Gasteiger partial charge on any atom is 0.189 e. The van der Waals surface area contributed by atoms with E-state index in [2.05, 4.69) is 45.0 Å². The van der Waals surface area contributed by atoms with Gasteiger partial charge in [0.15, 0.2) is 5.82 Å². The Labute approximate surface area is 113 Å². The Bertz CT molecular complexity index is 486. The Morgan fingerprint density at radius 3 is 3.06 bits per heavy atom. The van der Waals surface area contributed by atoms with Crippen LogP contribution in [0.1, 0.15) is 19.2 Å². The van der Waals surface area contributed by atoms with E-state index >= 15 is 0 Å². The van der Waals surface area contributed by atoms with E-state index in [9.17, 15) is 0 Å². The van der Waals surface area contributed by atoms with E-state index in [1.165, 1.54) is 0 Å². The molecule has 1 heterocycles. The highest BCUT2D eigenvalue weighted by atomic mass is 127.